The quantitative estimate of drug-likeness (QED) is 0.548. The first-order chi connectivity index (χ1) is 8.63. The molecule has 2 aromatic carbocycles. The minimum atomic E-state index is -0.122. The van der Waals surface area contributed by atoms with E-state index < -0.39 is 0 Å². The van der Waals surface area contributed by atoms with Gasteiger partial charge in [0.15, 0.2) is 0 Å². The molecule has 0 aromatic heterocycles. The third-order valence-electron chi connectivity index (χ3n) is 2.89. The smallest absolute Gasteiger partial charge is 0.121 e. The molecule has 0 aliphatic carbocycles. The maximum atomic E-state index is 6.56. The van der Waals surface area contributed by atoms with Gasteiger partial charge in [-0.1, -0.05) is 30.3 Å². The van der Waals surface area contributed by atoms with Gasteiger partial charge in [-0.05, 0) is 58.3 Å². The van der Waals surface area contributed by atoms with E-state index in [1.165, 1.54) is 3.57 Å². The number of hydrogen-bond acceptors (Lipinski definition) is 1. The Morgan fingerprint density at radius 3 is 2.50 bits per heavy atom. The van der Waals surface area contributed by atoms with Gasteiger partial charge < -0.3 is 4.74 Å². The first kappa shape index (κ1) is 13.7. The molecule has 2 rings (SSSR count). The Morgan fingerprint density at radius 2 is 1.89 bits per heavy atom. The maximum absolute atomic E-state index is 6.56. The van der Waals surface area contributed by atoms with Crippen molar-refractivity contribution in [3.8, 4) is 5.75 Å². The molecule has 0 bridgehead atoms. The van der Waals surface area contributed by atoms with Gasteiger partial charge in [0.05, 0.1) is 12.5 Å². The molecule has 0 saturated heterocycles. The number of aryl methyl sites for hydroxylation is 1. The highest BCUT2D eigenvalue weighted by Gasteiger charge is 2.14. The standard InChI is InChI=1S/C15H14ClIO/c1-10-9-11(7-8-14(10)18-2)15(16)12-5-3-4-6-13(12)17/h3-9,15H,1-2H3. The van der Waals surface area contributed by atoms with E-state index in [4.69, 9.17) is 16.3 Å². The van der Waals surface area contributed by atoms with Crippen molar-refractivity contribution in [1.29, 1.82) is 0 Å². The molecule has 0 amide bonds. The first-order valence-electron chi connectivity index (χ1n) is 5.66. The van der Waals surface area contributed by atoms with Crippen molar-refractivity contribution in [2.75, 3.05) is 7.11 Å². The fourth-order valence-electron chi connectivity index (χ4n) is 1.92. The number of halogens is 2. The normalized spacial score (nSPS) is 12.2. The van der Waals surface area contributed by atoms with Gasteiger partial charge in [-0.25, -0.2) is 0 Å². The molecule has 94 valence electrons. The van der Waals surface area contributed by atoms with Gasteiger partial charge in [0.1, 0.15) is 5.75 Å². The first-order valence-corrected chi connectivity index (χ1v) is 7.18. The van der Waals surface area contributed by atoms with Crippen LogP contribution in [0.1, 0.15) is 22.1 Å². The zero-order valence-corrected chi connectivity index (χ0v) is 13.2. The van der Waals surface area contributed by atoms with Crippen LogP contribution in [0.3, 0.4) is 0 Å². The van der Waals surface area contributed by atoms with E-state index in [2.05, 4.69) is 40.8 Å². The molecule has 0 radical (unpaired) electrons. The van der Waals surface area contributed by atoms with Crippen LogP contribution in [-0.2, 0) is 0 Å². The topological polar surface area (TPSA) is 9.23 Å². The number of methoxy groups -OCH3 is 1. The van der Waals surface area contributed by atoms with Crippen molar-refractivity contribution < 1.29 is 4.74 Å². The number of rotatable bonds is 3. The fourth-order valence-corrected chi connectivity index (χ4v) is 3.13. The lowest BCUT2D eigenvalue weighted by atomic mass is 10.0. The zero-order valence-electron chi connectivity index (χ0n) is 10.3. The minimum Gasteiger partial charge on any atom is -0.496 e. The van der Waals surface area contributed by atoms with Crippen LogP contribution in [0.25, 0.3) is 0 Å². The second-order valence-electron chi connectivity index (χ2n) is 4.11. The van der Waals surface area contributed by atoms with Gasteiger partial charge in [0.2, 0.25) is 0 Å². The molecule has 0 heterocycles. The van der Waals surface area contributed by atoms with Gasteiger partial charge in [-0.15, -0.1) is 11.6 Å². The summed E-state index contributed by atoms with van der Waals surface area (Å²) in [6.07, 6.45) is 0. The molecule has 18 heavy (non-hydrogen) atoms. The van der Waals surface area contributed by atoms with Gasteiger partial charge in [-0.3, -0.25) is 0 Å². The second-order valence-corrected chi connectivity index (χ2v) is 5.71. The van der Waals surface area contributed by atoms with Crippen molar-refractivity contribution in [3.63, 3.8) is 0 Å². The molecule has 2 aromatic rings. The Hall–Kier alpha value is -0.740. The van der Waals surface area contributed by atoms with Crippen LogP contribution in [0, 0.1) is 10.5 Å². The molecule has 1 atom stereocenters. The Labute approximate surface area is 126 Å². The molecule has 1 unspecified atom stereocenters. The van der Waals surface area contributed by atoms with Crippen molar-refractivity contribution in [1.82, 2.24) is 0 Å². The Morgan fingerprint density at radius 1 is 1.17 bits per heavy atom. The van der Waals surface area contributed by atoms with Crippen molar-refractivity contribution in [2.45, 2.75) is 12.3 Å². The zero-order chi connectivity index (χ0) is 13.1. The van der Waals surface area contributed by atoms with E-state index >= 15 is 0 Å². The summed E-state index contributed by atoms with van der Waals surface area (Å²) in [4.78, 5) is 0. The fraction of sp³-hybridized carbons (Fsp3) is 0.200. The van der Waals surface area contributed by atoms with Crippen LogP contribution in [-0.4, -0.2) is 7.11 Å². The average Bonchev–Trinajstić information content (AvgIpc) is 2.38. The van der Waals surface area contributed by atoms with Crippen LogP contribution >= 0.6 is 34.2 Å². The molecule has 0 saturated carbocycles. The summed E-state index contributed by atoms with van der Waals surface area (Å²) in [6.45, 7) is 2.03. The van der Waals surface area contributed by atoms with E-state index in [0.717, 1.165) is 22.4 Å². The van der Waals surface area contributed by atoms with Crippen LogP contribution < -0.4 is 4.74 Å². The molecule has 0 fully saturated rings. The van der Waals surface area contributed by atoms with E-state index in [1.54, 1.807) is 7.11 Å². The Balaban J connectivity index is 2.37. The summed E-state index contributed by atoms with van der Waals surface area (Å²) in [7, 11) is 1.68. The molecule has 0 aliphatic heterocycles. The third-order valence-corrected chi connectivity index (χ3v) is 4.36. The Kier molecular flexibility index (Phi) is 4.51. The van der Waals surface area contributed by atoms with Crippen LogP contribution in [0.15, 0.2) is 42.5 Å². The number of ether oxygens (including phenoxy) is 1. The lowest BCUT2D eigenvalue weighted by Gasteiger charge is -2.14. The molecule has 3 heteroatoms. The van der Waals surface area contributed by atoms with Gasteiger partial charge in [0, 0.05) is 3.57 Å². The van der Waals surface area contributed by atoms with E-state index in [1.807, 2.05) is 31.2 Å². The highest BCUT2D eigenvalue weighted by atomic mass is 127. The Bertz CT molecular complexity index is 554. The number of hydrogen-bond donors (Lipinski definition) is 0. The van der Waals surface area contributed by atoms with Crippen molar-refractivity contribution in [3.05, 3.63) is 62.7 Å². The third kappa shape index (κ3) is 2.81. The van der Waals surface area contributed by atoms with Gasteiger partial charge in [0.25, 0.3) is 0 Å². The highest BCUT2D eigenvalue weighted by Crippen LogP contribution is 2.33. The second kappa shape index (κ2) is 5.93. The van der Waals surface area contributed by atoms with Crippen molar-refractivity contribution in [2.24, 2.45) is 0 Å². The average molecular weight is 373 g/mol. The van der Waals surface area contributed by atoms with E-state index in [0.29, 0.717) is 0 Å². The SMILES string of the molecule is COc1ccc(C(Cl)c2ccccc2I)cc1C. The lowest BCUT2D eigenvalue weighted by molar-refractivity contribution is 0.411. The lowest BCUT2D eigenvalue weighted by Crippen LogP contribution is -1.97. The summed E-state index contributed by atoms with van der Waals surface area (Å²) in [5, 5.41) is -0.122. The molecule has 1 nitrogen and oxygen atoms in total. The van der Waals surface area contributed by atoms with Gasteiger partial charge in [-0.2, -0.15) is 0 Å². The summed E-state index contributed by atoms with van der Waals surface area (Å²) in [5.41, 5.74) is 3.34. The largest absolute Gasteiger partial charge is 0.496 e. The molecular weight excluding hydrogens is 359 g/mol. The predicted molar refractivity (Wildman–Crippen MR) is 84.6 cm³/mol. The summed E-state index contributed by atoms with van der Waals surface area (Å²) in [5.74, 6) is 0.894. The molecule has 0 spiro atoms. The molecular formula is C15H14ClIO. The highest BCUT2D eigenvalue weighted by molar-refractivity contribution is 14.1. The minimum absolute atomic E-state index is 0.122. The summed E-state index contributed by atoms with van der Waals surface area (Å²) >= 11 is 8.87. The number of alkyl halides is 1. The van der Waals surface area contributed by atoms with Gasteiger partial charge >= 0.3 is 0 Å². The maximum Gasteiger partial charge on any atom is 0.121 e. The van der Waals surface area contributed by atoms with E-state index in [-0.39, 0.29) is 5.38 Å². The monoisotopic (exact) mass is 372 g/mol. The van der Waals surface area contributed by atoms with Crippen LogP contribution in [0.4, 0.5) is 0 Å². The molecule has 0 aliphatic rings. The molecule has 0 N–H and O–H groups in total. The van der Waals surface area contributed by atoms with E-state index in [9.17, 15) is 0 Å². The summed E-state index contributed by atoms with van der Waals surface area (Å²) in [6, 6.07) is 14.3. The van der Waals surface area contributed by atoms with Crippen molar-refractivity contribution >= 4 is 34.2 Å². The number of benzene rings is 2. The van der Waals surface area contributed by atoms with Crippen LogP contribution in [0.5, 0.6) is 5.75 Å². The van der Waals surface area contributed by atoms with Crippen LogP contribution in [0.2, 0.25) is 0 Å². The predicted octanol–water partition coefficient (Wildman–Crippen LogP) is 4.94. The summed E-state index contributed by atoms with van der Waals surface area (Å²) < 4.78 is 6.45.